The second-order valence-corrected chi connectivity index (χ2v) is 15.7. The van der Waals surface area contributed by atoms with Gasteiger partial charge in [-0.15, -0.1) is 0 Å². The summed E-state index contributed by atoms with van der Waals surface area (Å²) in [6.07, 6.45) is 0. The summed E-state index contributed by atoms with van der Waals surface area (Å²) >= 11 is 0. The number of fused-ring (bicyclic) bond motifs is 4. The molecule has 0 bridgehead atoms. The highest BCUT2D eigenvalue weighted by atomic mass is 15.1. The van der Waals surface area contributed by atoms with Crippen molar-refractivity contribution in [3.63, 3.8) is 0 Å². The van der Waals surface area contributed by atoms with Crippen LogP contribution in [0.2, 0.25) is 0 Å². The minimum Gasteiger partial charge on any atom is -0.311 e. The first-order valence-corrected chi connectivity index (χ1v) is 21.0. The van der Waals surface area contributed by atoms with Crippen molar-refractivity contribution in [3.05, 3.63) is 249 Å². The second kappa shape index (κ2) is 15.6. The Morgan fingerprint density at radius 3 is 1.25 bits per heavy atom. The Morgan fingerprint density at radius 2 is 0.607 bits per heavy atom. The van der Waals surface area contributed by atoms with Crippen molar-refractivity contribution in [3.8, 4) is 55.6 Å². The minimum absolute atomic E-state index is 1.10. The minimum atomic E-state index is 1.10. The van der Waals surface area contributed by atoms with E-state index in [4.69, 9.17) is 0 Å². The van der Waals surface area contributed by atoms with Gasteiger partial charge in [0.2, 0.25) is 0 Å². The zero-order valence-electron chi connectivity index (χ0n) is 33.6. The van der Waals surface area contributed by atoms with Gasteiger partial charge in [0.1, 0.15) is 0 Å². The van der Waals surface area contributed by atoms with Gasteiger partial charge in [0, 0.05) is 17.1 Å². The molecule has 11 aromatic rings. The molecule has 0 spiro atoms. The SMILES string of the molecule is c1ccc(-c2ccc(-c3ccc(N(c4ccc(-c5cccc(-c6cccc7ccccc67)c5)cc4)c4ccc(-c5cc6ccccc6c6ccccc56)cc4)cc3)cc2)cc1. The van der Waals surface area contributed by atoms with E-state index in [0.29, 0.717) is 0 Å². The van der Waals surface area contributed by atoms with Crippen LogP contribution in [0.5, 0.6) is 0 Å². The van der Waals surface area contributed by atoms with Gasteiger partial charge in [-0.25, -0.2) is 0 Å². The second-order valence-electron chi connectivity index (χ2n) is 15.7. The molecule has 0 radical (unpaired) electrons. The van der Waals surface area contributed by atoms with Crippen LogP contribution in [0, 0.1) is 0 Å². The molecule has 0 atom stereocenters. The molecule has 0 aromatic heterocycles. The average molecular weight is 776 g/mol. The van der Waals surface area contributed by atoms with Crippen LogP contribution >= 0.6 is 0 Å². The lowest BCUT2D eigenvalue weighted by atomic mass is 9.93. The van der Waals surface area contributed by atoms with Gasteiger partial charge >= 0.3 is 0 Å². The molecule has 0 aliphatic carbocycles. The highest BCUT2D eigenvalue weighted by Gasteiger charge is 2.16. The fraction of sp³-hybridized carbons (Fsp3) is 0. The zero-order valence-corrected chi connectivity index (χ0v) is 33.6. The van der Waals surface area contributed by atoms with E-state index in [0.717, 1.165) is 17.1 Å². The first kappa shape index (κ1) is 36.1. The van der Waals surface area contributed by atoms with Crippen molar-refractivity contribution in [1.82, 2.24) is 0 Å². The number of anilines is 3. The summed E-state index contributed by atoms with van der Waals surface area (Å²) in [5.41, 5.74) is 15.4. The van der Waals surface area contributed by atoms with Crippen molar-refractivity contribution in [1.29, 1.82) is 0 Å². The van der Waals surface area contributed by atoms with Crippen LogP contribution in [0.4, 0.5) is 17.1 Å². The Balaban J connectivity index is 0.959. The monoisotopic (exact) mass is 775 g/mol. The van der Waals surface area contributed by atoms with E-state index in [9.17, 15) is 0 Å². The Hall–Kier alpha value is -8.00. The highest BCUT2D eigenvalue weighted by molar-refractivity contribution is 6.13. The van der Waals surface area contributed by atoms with Gasteiger partial charge in [-0.1, -0.05) is 200 Å². The van der Waals surface area contributed by atoms with Crippen molar-refractivity contribution in [2.75, 3.05) is 4.90 Å². The Kier molecular flexibility index (Phi) is 9.26. The van der Waals surface area contributed by atoms with Gasteiger partial charge in [-0.05, 0) is 136 Å². The lowest BCUT2D eigenvalue weighted by Gasteiger charge is -2.26. The zero-order chi connectivity index (χ0) is 40.5. The maximum atomic E-state index is 2.36. The van der Waals surface area contributed by atoms with E-state index in [1.807, 2.05) is 0 Å². The third-order valence-corrected chi connectivity index (χ3v) is 12.1. The maximum Gasteiger partial charge on any atom is 0.0462 e. The van der Waals surface area contributed by atoms with E-state index in [1.54, 1.807) is 0 Å². The number of hydrogen-bond acceptors (Lipinski definition) is 1. The maximum absolute atomic E-state index is 2.36. The summed E-state index contributed by atoms with van der Waals surface area (Å²) in [5.74, 6) is 0. The summed E-state index contributed by atoms with van der Waals surface area (Å²) < 4.78 is 0. The summed E-state index contributed by atoms with van der Waals surface area (Å²) in [6.45, 7) is 0. The van der Waals surface area contributed by atoms with E-state index in [-0.39, 0.29) is 0 Å². The lowest BCUT2D eigenvalue weighted by molar-refractivity contribution is 1.28. The molecule has 0 amide bonds. The lowest BCUT2D eigenvalue weighted by Crippen LogP contribution is -2.09. The fourth-order valence-electron chi connectivity index (χ4n) is 8.97. The van der Waals surface area contributed by atoms with Crippen molar-refractivity contribution in [2.45, 2.75) is 0 Å². The van der Waals surface area contributed by atoms with Crippen molar-refractivity contribution < 1.29 is 0 Å². The molecule has 0 saturated carbocycles. The predicted octanol–water partition coefficient (Wildman–Crippen LogP) is 17.0. The van der Waals surface area contributed by atoms with Crippen LogP contribution in [-0.2, 0) is 0 Å². The van der Waals surface area contributed by atoms with Gasteiger partial charge in [-0.3, -0.25) is 0 Å². The van der Waals surface area contributed by atoms with Gasteiger partial charge in [0.15, 0.2) is 0 Å². The molecule has 0 N–H and O–H groups in total. The van der Waals surface area contributed by atoms with E-state index < -0.39 is 0 Å². The summed E-state index contributed by atoms with van der Waals surface area (Å²) in [5, 5.41) is 7.59. The third kappa shape index (κ3) is 6.93. The first-order chi connectivity index (χ1) is 30.2. The van der Waals surface area contributed by atoms with Crippen LogP contribution in [0.25, 0.3) is 88.0 Å². The fourth-order valence-corrected chi connectivity index (χ4v) is 8.97. The van der Waals surface area contributed by atoms with Gasteiger partial charge in [-0.2, -0.15) is 0 Å². The summed E-state index contributed by atoms with van der Waals surface area (Å²) in [6, 6.07) is 90.3. The van der Waals surface area contributed by atoms with E-state index >= 15 is 0 Å². The molecule has 0 heterocycles. The molecule has 0 aliphatic rings. The molecule has 0 aliphatic heterocycles. The predicted molar refractivity (Wildman–Crippen MR) is 261 cm³/mol. The molecule has 1 nitrogen and oxygen atoms in total. The molecule has 286 valence electrons. The van der Waals surface area contributed by atoms with Gasteiger partial charge < -0.3 is 4.90 Å². The number of benzene rings is 11. The Labute approximate surface area is 357 Å². The molecule has 0 unspecified atom stereocenters. The molecular weight excluding hydrogens is 735 g/mol. The molecule has 0 fully saturated rings. The average Bonchev–Trinajstić information content (AvgIpc) is 3.35. The molecule has 0 saturated heterocycles. The molecule has 11 aromatic carbocycles. The first-order valence-electron chi connectivity index (χ1n) is 21.0. The van der Waals surface area contributed by atoms with Crippen LogP contribution in [0.3, 0.4) is 0 Å². The van der Waals surface area contributed by atoms with Crippen LogP contribution in [-0.4, -0.2) is 0 Å². The molecular formula is C60H41N. The quantitative estimate of drug-likeness (QED) is 0.139. The van der Waals surface area contributed by atoms with Crippen LogP contribution in [0.15, 0.2) is 249 Å². The largest absolute Gasteiger partial charge is 0.311 e. The third-order valence-electron chi connectivity index (χ3n) is 12.1. The van der Waals surface area contributed by atoms with Crippen LogP contribution in [0.1, 0.15) is 0 Å². The van der Waals surface area contributed by atoms with Crippen molar-refractivity contribution in [2.24, 2.45) is 0 Å². The molecule has 61 heavy (non-hydrogen) atoms. The van der Waals surface area contributed by atoms with Gasteiger partial charge in [0.05, 0.1) is 0 Å². The number of rotatable bonds is 8. The summed E-state index contributed by atoms with van der Waals surface area (Å²) in [4.78, 5) is 2.36. The van der Waals surface area contributed by atoms with Gasteiger partial charge in [0.25, 0.3) is 0 Å². The normalized spacial score (nSPS) is 11.3. The van der Waals surface area contributed by atoms with E-state index in [1.165, 1.54) is 88.0 Å². The molecule has 1 heteroatoms. The number of nitrogens with zero attached hydrogens (tertiary/aromatic N) is 1. The van der Waals surface area contributed by atoms with Crippen LogP contribution < -0.4 is 4.90 Å². The summed E-state index contributed by atoms with van der Waals surface area (Å²) in [7, 11) is 0. The number of hydrogen-bond donors (Lipinski definition) is 0. The highest BCUT2D eigenvalue weighted by Crippen LogP contribution is 2.40. The Morgan fingerprint density at radius 1 is 0.197 bits per heavy atom. The standard InChI is InChI=1S/C60H41N/c1-2-12-42(13-3-1)43-24-26-44(27-25-43)45-28-34-52(35-29-45)61(54-38-32-48(33-39-54)60-41-51-15-5-7-20-57(51)58-21-8-9-22-59(58)60)53-36-30-46(31-37-53)49-17-10-18-50(40-49)56-23-11-16-47-14-4-6-19-55(47)56/h1-41H. The Bertz CT molecular complexity index is 3300. The van der Waals surface area contributed by atoms with E-state index in [2.05, 4.69) is 254 Å². The smallest absolute Gasteiger partial charge is 0.0462 e. The topological polar surface area (TPSA) is 3.24 Å². The molecule has 11 rings (SSSR count). The van der Waals surface area contributed by atoms with Crippen molar-refractivity contribution >= 4 is 49.4 Å².